The number of nitrogens with zero attached hydrogens (tertiary/aromatic N) is 1. The average molecular weight is 280 g/mol. The van der Waals surface area contributed by atoms with Gasteiger partial charge in [-0.1, -0.05) is 0 Å². The van der Waals surface area contributed by atoms with Gasteiger partial charge in [-0.25, -0.2) is 4.79 Å². The van der Waals surface area contributed by atoms with Gasteiger partial charge in [0.1, 0.15) is 11.8 Å². The van der Waals surface area contributed by atoms with Gasteiger partial charge >= 0.3 is 6.09 Å². The number of nitrogens with two attached hydrogens (primary N) is 1. The minimum Gasteiger partial charge on any atom is -0.444 e. The Bertz CT molecular complexity index is 425. The number of hydrogen-bond acceptors (Lipinski definition) is 5. The molecule has 0 radical (unpaired) electrons. The van der Waals surface area contributed by atoms with Crippen LogP contribution in [-0.4, -0.2) is 41.9 Å². The molecular weight excluding hydrogens is 256 g/mol. The molecule has 0 aliphatic carbocycles. The van der Waals surface area contributed by atoms with E-state index >= 15 is 0 Å². The third-order valence-electron chi connectivity index (χ3n) is 3.22. The van der Waals surface area contributed by atoms with Gasteiger partial charge in [0.05, 0.1) is 0 Å². The maximum absolute atomic E-state index is 12.0. The molecule has 2 heterocycles. The Morgan fingerprint density at radius 1 is 1.55 bits per heavy atom. The Balaban J connectivity index is 1.82. The van der Waals surface area contributed by atoms with Crippen molar-refractivity contribution in [3.05, 3.63) is 24.0 Å². The number of ether oxygens (including phenoxy) is 1. The first-order valence-electron chi connectivity index (χ1n) is 6.97. The summed E-state index contributed by atoms with van der Waals surface area (Å²) < 4.78 is 5.38. The van der Waals surface area contributed by atoms with Crippen LogP contribution in [0.1, 0.15) is 27.2 Å². The lowest BCUT2D eigenvalue weighted by Gasteiger charge is -2.26. The number of nitrogens with one attached hydrogen (secondary N) is 2. The van der Waals surface area contributed by atoms with E-state index in [0.29, 0.717) is 13.1 Å². The molecule has 6 nitrogen and oxygen atoms in total. The first-order valence-corrected chi connectivity index (χ1v) is 6.97. The third kappa shape index (κ3) is 3.90. The van der Waals surface area contributed by atoms with E-state index < -0.39 is 5.60 Å². The molecular formula is C14H24N4O2. The van der Waals surface area contributed by atoms with E-state index in [1.807, 2.05) is 39.1 Å². The molecule has 0 spiro atoms. The van der Waals surface area contributed by atoms with E-state index in [4.69, 9.17) is 10.5 Å². The Hall–Kier alpha value is -1.69. The predicted molar refractivity (Wildman–Crippen MR) is 77.7 cm³/mol. The Morgan fingerprint density at radius 2 is 2.30 bits per heavy atom. The van der Waals surface area contributed by atoms with Gasteiger partial charge in [0.2, 0.25) is 0 Å². The fourth-order valence-corrected chi connectivity index (χ4v) is 2.27. The van der Waals surface area contributed by atoms with Crippen molar-refractivity contribution >= 4 is 6.09 Å². The smallest absolute Gasteiger partial charge is 0.410 e. The lowest BCUT2D eigenvalue weighted by molar-refractivity contribution is 0.0290. The monoisotopic (exact) mass is 280 g/mol. The summed E-state index contributed by atoms with van der Waals surface area (Å²) in [6, 6.07) is 0.221. The molecule has 0 aromatic rings. The van der Waals surface area contributed by atoms with E-state index in [-0.39, 0.29) is 18.3 Å². The van der Waals surface area contributed by atoms with E-state index in [1.54, 1.807) is 4.90 Å². The molecule has 1 amide bonds. The molecule has 0 bridgehead atoms. The largest absolute Gasteiger partial charge is 0.444 e. The number of dihydropyridines is 1. The lowest BCUT2D eigenvalue weighted by Crippen LogP contribution is -2.50. The standard InChI is InChI=1S/C14H24N4O2/c1-14(2,3)20-13(19)18-8-6-10(9-18)17-12-11(15)5-4-7-16-12/h4-5,7,10,12,16-17H,6,8-9,15H2,1-3H3/t10-,12?/m0/s1. The van der Waals surface area contributed by atoms with Gasteiger partial charge in [0.25, 0.3) is 0 Å². The van der Waals surface area contributed by atoms with Crippen LogP contribution in [0.25, 0.3) is 0 Å². The van der Waals surface area contributed by atoms with Crippen molar-refractivity contribution in [1.82, 2.24) is 15.5 Å². The highest BCUT2D eigenvalue weighted by atomic mass is 16.6. The molecule has 20 heavy (non-hydrogen) atoms. The fraction of sp³-hybridized carbons (Fsp3) is 0.643. The Labute approximate surface area is 120 Å². The predicted octanol–water partition coefficient (Wildman–Crippen LogP) is 0.871. The number of hydrogen-bond donors (Lipinski definition) is 3. The van der Waals surface area contributed by atoms with Crippen LogP contribution in [0.2, 0.25) is 0 Å². The van der Waals surface area contributed by atoms with E-state index in [0.717, 1.165) is 12.1 Å². The van der Waals surface area contributed by atoms with Gasteiger partial charge in [0.15, 0.2) is 0 Å². The van der Waals surface area contributed by atoms with Gasteiger partial charge in [-0.15, -0.1) is 0 Å². The van der Waals surface area contributed by atoms with E-state index in [9.17, 15) is 4.79 Å². The van der Waals surface area contributed by atoms with Crippen LogP contribution >= 0.6 is 0 Å². The van der Waals surface area contributed by atoms with Gasteiger partial charge in [0, 0.05) is 24.8 Å². The number of rotatable bonds is 2. The second-order valence-electron chi connectivity index (χ2n) is 6.20. The Kier molecular flexibility index (Phi) is 4.23. The first kappa shape index (κ1) is 14.7. The molecule has 1 saturated heterocycles. The Morgan fingerprint density at radius 3 is 2.95 bits per heavy atom. The van der Waals surface area contributed by atoms with Crippen molar-refractivity contribution in [3.8, 4) is 0 Å². The molecule has 4 N–H and O–H groups in total. The molecule has 2 aliphatic rings. The van der Waals surface area contributed by atoms with Crippen LogP contribution in [-0.2, 0) is 4.74 Å². The molecule has 0 saturated carbocycles. The van der Waals surface area contributed by atoms with Crippen LogP contribution in [0.15, 0.2) is 24.0 Å². The minimum absolute atomic E-state index is 0.0661. The third-order valence-corrected chi connectivity index (χ3v) is 3.22. The molecule has 0 aromatic heterocycles. The quantitative estimate of drug-likeness (QED) is 0.699. The number of carbonyl (C=O) groups excluding carboxylic acids is 1. The SMILES string of the molecule is CC(C)(C)OC(=O)N1CC[C@H](NC2NC=CC=C2N)C1. The molecule has 2 rings (SSSR count). The number of amides is 1. The van der Waals surface area contributed by atoms with Gasteiger partial charge in [-0.2, -0.15) is 0 Å². The van der Waals surface area contributed by atoms with Crippen LogP contribution < -0.4 is 16.4 Å². The highest BCUT2D eigenvalue weighted by Gasteiger charge is 2.31. The summed E-state index contributed by atoms with van der Waals surface area (Å²) in [6.07, 6.45) is 6.18. The summed E-state index contributed by atoms with van der Waals surface area (Å²) >= 11 is 0. The first-order chi connectivity index (χ1) is 9.35. The molecule has 0 aromatic carbocycles. The number of allylic oxidation sites excluding steroid dienone is 2. The van der Waals surface area contributed by atoms with Crippen molar-refractivity contribution in [3.63, 3.8) is 0 Å². The zero-order valence-electron chi connectivity index (χ0n) is 12.3. The van der Waals surface area contributed by atoms with Gasteiger partial charge < -0.3 is 20.7 Å². The maximum Gasteiger partial charge on any atom is 0.410 e. The summed E-state index contributed by atoms with van der Waals surface area (Å²) in [5, 5.41) is 6.57. The second-order valence-corrected chi connectivity index (χ2v) is 6.20. The molecule has 6 heteroatoms. The van der Waals surface area contributed by atoms with Crippen LogP contribution in [0.4, 0.5) is 4.79 Å². The molecule has 1 unspecified atom stereocenters. The minimum atomic E-state index is -0.453. The van der Waals surface area contributed by atoms with Gasteiger partial charge in [-0.05, 0) is 45.5 Å². The number of likely N-dealkylation sites (tertiary alicyclic amines) is 1. The van der Waals surface area contributed by atoms with Crippen molar-refractivity contribution < 1.29 is 9.53 Å². The van der Waals surface area contributed by atoms with Crippen LogP contribution in [0.5, 0.6) is 0 Å². The van der Waals surface area contributed by atoms with Crippen molar-refractivity contribution in [2.75, 3.05) is 13.1 Å². The summed E-state index contributed by atoms with van der Waals surface area (Å²) in [4.78, 5) is 13.7. The fourth-order valence-electron chi connectivity index (χ4n) is 2.27. The van der Waals surface area contributed by atoms with Crippen molar-refractivity contribution in [2.45, 2.75) is 45.0 Å². The molecule has 2 atom stereocenters. The normalized spacial score (nSPS) is 26.1. The summed E-state index contributed by atoms with van der Waals surface area (Å²) in [6.45, 7) is 6.98. The molecule has 2 aliphatic heterocycles. The van der Waals surface area contributed by atoms with E-state index in [2.05, 4.69) is 10.6 Å². The average Bonchev–Trinajstić information content (AvgIpc) is 2.79. The maximum atomic E-state index is 12.0. The van der Waals surface area contributed by atoms with Gasteiger partial charge in [-0.3, -0.25) is 5.32 Å². The zero-order valence-corrected chi connectivity index (χ0v) is 12.3. The lowest BCUT2D eigenvalue weighted by atomic mass is 10.2. The van der Waals surface area contributed by atoms with Crippen LogP contribution in [0, 0.1) is 0 Å². The second kappa shape index (κ2) is 5.75. The summed E-state index contributed by atoms with van der Waals surface area (Å²) in [5.41, 5.74) is 6.21. The highest BCUT2D eigenvalue weighted by molar-refractivity contribution is 5.68. The van der Waals surface area contributed by atoms with Crippen molar-refractivity contribution in [2.24, 2.45) is 5.73 Å². The summed E-state index contributed by atoms with van der Waals surface area (Å²) in [7, 11) is 0. The highest BCUT2D eigenvalue weighted by Crippen LogP contribution is 2.16. The topological polar surface area (TPSA) is 79.6 Å². The van der Waals surface area contributed by atoms with Crippen LogP contribution in [0.3, 0.4) is 0 Å². The zero-order chi connectivity index (χ0) is 14.8. The van der Waals surface area contributed by atoms with Crippen molar-refractivity contribution in [1.29, 1.82) is 0 Å². The summed E-state index contributed by atoms with van der Waals surface area (Å²) in [5.74, 6) is 0. The molecule has 1 fully saturated rings. The van der Waals surface area contributed by atoms with E-state index in [1.165, 1.54) is 0 Å². The number of carbonyl (C=O) groups is 1. The molecule has 112 valence electrons.